The molecule has 0 saturated carbocycles. The van der Waals surface area contributed by atoms with Crippen LogP contribution >= 0.6 is 0 Å². The quantitative estimate of drug-likeness (QED) is 0.648. The largest absolute Gasteiger partial charge is 0.478 e. The molecular formula is C11H17NO. The van der Waals surface area contributed by atoms with E-state index >= 15 is 0 Å². The predicted octanol–water partition coefficient (Wildman–Crippen LogP) is 2.90. The summed E-state index contributed by atoms with van der Waals surface area (Å²) < 4.78 is 5.45. The minimum atomic E-state index is 0.728. The molecule has 0 aliphatic rings. The van der Waals surface area contributed by atoms with Crippen molar-refractivity contribution in [1.82, 2.24) is 4.98 Å². The van der Waals surface area contributed by atoms with Gasteiger partial charge in [-0.1, -0.05) is 19.9 Å². The van der Waals surface area contributed by atoms with Crippen molar-refractivity contribution in [1.29, 1.82) is 0 Å². The van der Waals surface area contributed by atoms with Gasteiger partial charge in [0.2, 0.25) is 5.88 Å². The molecule has 72 valence electrons. The van der Waals surface area contributed by atoms with Gasteiger partial charge in [0.15, 0.2) is 0 Å². The first-order valence-corrected chi connectivity index (χ1v) is 4.83. The zero-order valence-electron chi connectivity index (χ0n) is 8.36. The van der Waals surface area contributed by atoms with Gasteiger partial charge >= 0.3 is 0 Å². The normalized spacial score (nSPS) is 10.4. The summed E-state index contributed by atoms with van der Waals surface area (Å²) in [7, 11) is 0. The number of hydrogen-bond acceptors (Lipinski definition) is 2. The van der Waals surface area contributed by atoms with Crippen molar-refractivity contribution in [3.8, 4) is 5.88 Å². The molecule has 0 aliphatic heterocycles. The Kier molecular flexibility index (Phi) is 4.30. The molecule has 0 aliphatic carbocycles. The van der Waals surface area contributed by atoms with Gasteiger partial charge in [-0.15, -0.1) is 0 Å². The van der Waals surface area contributed by atoms with Crippen molar-refractivity contribution < 1.29 is 4.74 Å². The molecule has 1 heterocycles. The average Bonchev–Trinajstić information content (AvgIpc) is 2.14. The van der Waals surface area contributed by atoms with E-state index in [2.05, 4.69) is 18.8 Å². The van der Waals surface area contributed by atoms with E-state index in [1.807, 2.05) is 18.2 Å². The number of ether oxygens (including phenoxy) is 1. The first-order valence-electron chi connectivity index (χ1n) is 4.83. The minimum absolute atomic E-state index is 0.728. The Hall–Kier alpha value is -1.05. The van der Waals surface area contributed by atoms with Crippen LogP contribution in [0.5, 0.6) is 5.88 Å². The van der Waals surface area contributed by atoms with Gasteiger partial charge in [-0.05, 0) is 24.8 Å². The summed E-state index contributed by atoms with van der Waals surface area (Å²) in [6.45, 7) is 5.22. The number of rotatable bonds is 5. The Morgan fingerprint density at radius 1 is 1.38 bits per heavy atom. The van der Waals surface area contributed by atoms with E-state index < -0.39 is 0 Å². The molecule has 2 nitrogen and oxygen atoms in total. The van der Waals surface area contributed by atoms with Gasteiger partial charge in [0.1, 0.15) is 0 Å². The molecule has 2 heteroatoms. The Morgan fingerprint density at radius 3 is 2.85 bits per heavy atom. The van der Waals surface area contributed by atoms with Crippen LogP contribution in [0.15, 0.2) is 24.4 Å². The molecule has 0 saturated heterocycles. The Morgan fingerprint density at radius 2 is 2.23 bits per heavy atom. The standard InChI is InChI=1S/C11H17NO/c1-10(2)6-5-9-13-11-7-3-4-8-12-11/h3-4,7-8,10H,5-6,9H2,1-2H3. The summed E-state index contributed by atoms with van der Waals surface area (Å²) in [5.74, 6) is 1.48. The van der Waals surface area contributed by atoms with Crippen molar-refractivity contribution in [2.75, 3.05) is 6.61 Å². The van der Waals surface area contributed by atoms with E-state index in [1.165, 1.54) is 6.42 Å². The molecule has 0 N–H and O–H groups in total. The van der Waals surface area contributed by atoms with Crippen molar-refractivity contribution in [2.24, 2.45) is 5.92 Å². The van der Waals surface area contributed by atoms with Crippen LogP contribution < -0.4 is 4.74 Å². The summed E-state index contributed by atoms with van der Waals surface area (Å²) in [6.07, 6.45) is 4.07. The molecule has 0 unspecified atom stereocenters. The fourth-order valence-electron chi connectivity index (χ4n) is 1.10. The van der Waals surface area contributed by atoms with Crippen molar-refractivity contribution in [3.63, 3.8) is 0 Å². The van der Waals surface area contributed by atoms with E-state index in [1.54, 1.807) is 6.20 Å². The van der Waals surface area contributed by atoms with Crippen LogP contribution in [0.2, 0.25) is 0 Å². The fourth-order valence-corrected chi connectivity index (χ4v) is 1.10. The summed E-state index contributed by atoms with van der Waals surface area (Å²) in [6, 6.07) is 5.71. The fraction of sp³-hybridized carbons (Fsp3) is 0.545. The van der Waals surface area contributed by atoms with E-state index in [4.69, 9.17) is 4.74 Å². The lowest BCUT2D eigenvalue weighted by Crippen LogP contribution is -2.00. The minimum Gasteiger partial charge on any atom is -0.478 e. The van der Waals surface area contributed by atoms with Gasteiger partial charge in [0.25, 0.3) is 0 Å². The third-order valence-corrected chi connectivity index (χ3v) is 1.81. The lowest BCUT2D eigenvalue weighted by molar-refractivity contribution is 0.287. The molecular weight excluding hydrogens is 162 g/mol. The molecule has 0 atom stereocenters. The zero-order valence-corrected chi connectivity index (χ0v) is 8.36. The number of hydrogen-bond donors (Lipinski definition) is 0. The Labute approximate surface area is 80.0 Å². The highest BCUT2D eigenvalue weighted by Crippen LogP contribution is 2.07. The summed E-state index contributed by atoms with van der Waals surface area (Å²) >= 11 is 0. The highest BCUT2D eigenvalue weighted by atomic mass is 16.5. The monoisotopic (exact) mass is 179 g/mol. The first kappa shape index (κ1) is 10.0. The molecule has 0 fully saturated rings. The van der Waals surface area contributed by atoms with Crippen molar-refractivity contribution >= 4 is 0 Å². The lowest BCUT2D eigenvalue weighted by Gasteiger charge is -2.05. The van der Waals surface area contributed by atoms with Crippen LogP contribution in [0.25, 0.3) is 0 Å². The Balaban J connectivity index is 2.13. The molecule has 1 aromatic heterocycles. The molecule has 1 rings (SSSR count). The SMILES string of the molecule is CC(C)CCCOc1ccccn1. The average molecular weight is 179 g/mol. The maximum absolute atomic E-state index is 5.45. The van der Waals surface area contributed by atoms with Crippen molar-refractivity contribution in [3.05, 3.63) is 24.4 Å². The van der Waals surface area contributed by atoms with Crippen LogP contribution in [0.4, 0.5) is 0 Å². The number of pyridine rings is 1. The van der Waals surface area contributed by atoms with Gasteiger partial charge in [-0.25, -0.2) is 4.98 Å². The van der Waals surface area contributed by atoms with Crippen LogP contribution in [0.1, 0.15) is 26.7 Å². The van der Waals surface area contributed by atoms with Gasteiger partial charge in [0, 0.05) is 12.3 Å². The summed E-state index contributed by atoms with van der Waals surface area (Å²) in [5, 5.41) is 0. The number of aromatic nitrogens is 1. The summed E-state index contributed by atoms with van der Waals surface area (Å²) in [4.78, 5) is 4.07. The van der Waals surface area contributed by atoms with Gasteiger partial charge in [0.05, 0.1) is 6.61 Å². The highest BCUT2D eigenvalue weighted by molar-refractivity contribution is 5.08. The molecule has 1 aromatic rings. The van der Waals surface area contributed by atoms with Gasteiger partial charge in [-0.3, -0.25) is 0 Å². The number of nitrogens with zero attached hydrogens (tertiary/aromatic N) is 1. The highest BCUT2D eigenvalue weighted by Gasteiger charge is 1.95. The summed E-state index contributed by atoms with van der Waals surface area (Å²) in [5.41, 5.74) is 0. The van der Waals surface area contributed by atoms with Crippen LogP contribution in [-0.4, -0.2) is 11.6 Å². The van der Waals surface area contributed by atoms with Gasteiger partial charge in [-0.2, -0.15) is 0 Å². The maximum Gasteiger partial charge on any atom is 0.213 e. The molecule has 0 amide bonds. The second-order valence-electron chi connectivity index (χ2n) is 3.55. The maximum atomic E-state index is 5.45. The lowest BCUT2D eigenvalue weighted by atomic mass is 10.1. The third-order valence-electron chi connectivity index (χ3n) is 1.81. The van der Waals surface area contributed by atoms with E-state index in [0.717, 1.165) is 24.8 Å². The van der Waals surface area contributed by atoms with Crippen LogP contribution in [0, 0.1) is 5.92 Å². The molecule has 0 aromatic carbocycles. The van der Waals surface area contributed by atoms with Crippen LogP contribution in [0.3, 0.4) is 0 Å². The van der Waals surface area contributed by atoms with Crippen LogP contribution in [-0.2, 0) is 0 Å². The van der Waals surface area contributed by atoms with E-state index in [9.17, 15) is 0 Å². The molecule has 0 bridgehead atoms. The molecule has 13 heavy (non-hydrogen) atoms. The second kappa shape index (κ2) is 5.57. The second-order valence-corrected chi connectivity index (χ2v) is 3.55. The third kappa shape index (κ3) is 4.51. The van der Waals surface area contributed by atoms with E-state index in [0.29, 0.717) is 0 Å². The zero-order chi connectivity index (χ0) is 9.52. The topological polar surface area (TPSA) is 22.1 Å². The molecule has 0 radical (unpaired) electrons. The first-order chi connectivity index (χ1) is 6.29. The predicted molar refractivity (Wildman–Crippen MR) is 53.8 cm³/mol. The van der Waals surface area contributed by atoms with E-state index in [-0.39, 0.29) is 0 Å². The molecule has 0 spiro atoms. The Bertz CT molecular complexity index is 221. The van der Waals surface area contributed by atoms with Gasteiger partial charge < -0.3 is 4.74 Å². The van der Waals surface area contributed by atoms with Crippen molar-refractivity contribution in [2.45, 2.75) is 26.7 Å². The smallest absolute Gasteiger partial charge is 0.213 e.